The van der Waals surface area contributed by atoms with Crippen molar-refractivity contribution in [1.29, 1.82) is 0 Å². The minimum Gasteiger partial charge on any atom is -0.494 e. The van der Waals surface area contributed by atoms with Gasteiger partial charge < -0.3 is 15.4 Å². The number of rotatable bonds is 7. The van der Waals surface area contributed by atoms with Gasteiger partial charge >= 0.3 is 0 Å². The number of anilines is 1. The Hall–Kier alpha value is -2.34. The highest BCUT2D eigenvalue weighted by molar-refractivity contribution is 9.10. The summed E-state index contributed by atoms with van der Waals surface area (Å²) in [5, 5.41) is 5.43. The second kappa shape index (κ2) is 9.22. The maximum absolute atomic E-state index is 12.1. The topological polar surface area (TPSA) is 67.4 Å². The molecule has 2 rings (SSSR count). The van der Waals surface area contributed by atoms with Crippen LogP contribution in [0, 0.1) is 6.92 Å². The summed E-state index contributed by atoms with van der Waals surface area (Å²) in [6.45, 7) is 2.35. The number of nitrogens with one attached hydrogen (secondary N) is 2. The lowest BCUT2D eigenvalue weighted by atomic mass is 10.1. The summed E-state index contributed by atoms with van der Waals surface area (Å²) in [6.07, 6.45) is 0.949. The average Bonchev–Trinajstić information content (AvgIpc) is 2.60. The summed E-state index contributed by atoms with van der Waals surface area (Å²) in [5.41, 5.74) is 2.08. The largest absolute Gasteiger partial charge is 0.494 e. The van der Waals surface area contributed by atoms with Crippen molar-refractivity contribution in [2.75, 3.05) is 19.0 Å². The highest BCUT2D eigenvalue weighted by Crippen LogP contribution is 2.19. The van der Waals surface area contributed by atoms with E-state index < -0.39 is 0 Å². The van der Waals surface area contributed by atoms with Crippen LogP contribution in [-0.2, 0) is 4.79 Å². The molecule has 0 heterocycles. The predicted molar refractivity (Wildman–Crippen MR) is 102 cm³/mol. The number of halogens is 1. The predicted octanol–water partition coefficient (Wildman–Crippen LogP) is 3.91. The van der Waals surface area contributed by atoms with Crippen molar-refractivity contribution in [3.63, 3.8) is 0 Å². The fourth-order valence-corrected chi connectivity index (χ4v) is 2.61. The van der Waals surface area contributed by atoms with E-state index in [1.54, 1.807) is 19.2 Å². The molecule has 0 aliphatic heterocycles. The molecule has 0 aliphatic carbocycles. The molecule has 0 saturated carbocycles. The Morgan fingerprint density at radius 1 is 1.16 bits per heavy atom. The van der Waals surface area contributed by atoms with E-state index >= 15 is 0 Å². The smallest absolute Gasteiger partial charge is 0.251 e. The molecular weight excluding hydrogens is 384 g/mol. The molecule has 0 spiro atoms. The second-order valence-electron chi connectivity index (χ2n) is 5.57. The monoisotopic (exact) mass is 404 g/mol. The zero-order valence-corrected chi connectivity index (χ0v) is 15.9. The van der Waals surface area contributed by atoms with Crippen LogP contribution in [0.5, 0.6) is 5.75 Å². The van der Waals surface area contributed by atoms with Crippen LogP contribution in [0.2, 0.25) is 0 Å². The highest BCUT2D eigenvalue weighted by Gasteiger charge is 2.09. The first-order valence-electron chi connectivity index (χ1n) is 8.00. The Morgan fingerprint density at radius 2 is 1.96 bits per heavy atom. The molecule has 0 atom stereocenters. The number of hydrogen-bond donors (Lipinski definition) is 2. The van der Waals surface area contributed by atoms with Crippen LogP contribution >= 0.6 is 15.9 Å². The molecule has 132 valence electrons. The van der Waals surface area contributed by atoms with Crippen molar-refractivity contribution >= 4 is 33.4 Å². The third-order valence-electron chi connectivity index (χ3n) is 3.61. The van der Waals surface area contributed by atoms with Gasteiger partial charge in [0.25, 0.3) is 5.91 Å². The number of aryl methyl sites for hydroxylation is 1. The number of carbonyl (C=O) groups is 2. The van der Waals surface area contributed by atoms with Crippen molar-refractivity contribution in [3.8, 4) is 5.75 Å². The number of benzene rings is 2. The molecule has 6 heteroatoms. The summed E-state index contributed by atoms with van der Waals surface area (Å²) in [4.78, 5) is 23.8. The van der Waals surface area contributed by atoms with Gasteiger partial charge in [0.15, 0.2) is 0 Å². The molecule has 0 fully saturated rings. The molecule has 2 aromatic carbocycles. The number of carbonyl (C=O) groups excluding carboxylic acids is 2. The van der Waals surface area contributed by atoms with E-state index in [9.17, 15) is 9.59 Å². The van der Waals surface area contributed by atoms with Gasteiger partial charge in [0.1, 0.15) is 5.75 Å². The van der Waals surface area contributed by atoms with Crippen LogP contribution in [-0.4, -0.2) is 25.5 Å². The van der Waals surface area contributed by atoms with Gasteiger partial charge in [0.2, 0.25) is 5.91 Å². The summed E-state index contributed by atoms with van der Waals surface area (Å²) < 4.78 is 6.57. The lowest BCUT2D eigenvalue weighted by Crippen LogP contribution is -2.19. The molecule has 0 aromatic heterocycles. The second-order valence-corrected chi connectivity index (χ2v) is 6.48. The summed E-state index contributed by atoms with van der Waals surface area (Å²) in [6, 6.07) is 12.8. The Kier molecular flexibility index (Phi) is 7.01. The SMILES string of the molecule is CNC(=O)c1ccc(C)c(NC(=O)CCCOc2cccc(Br)c2)c1. The van der Waals surface area contributed by atoms with Crippen molar-refractivity contribution in [2.24, 2.45) is 0 Å². The highest BCUT2D eigenvalue weighted by atomic mass is 79.9. The van der Waals surface area contributed by atoms with Crippen molar-refractivity contribution in [3.05, 3.63) is 58.1 Å². The Labute approximate surface area is 155 Å². The molecule has 25 heavy (non-hydrogen) atoms. The minimum absolute atomic E-state index is 0.102. The van der Waals surface area contributed by atoms with Crippen LogP contribution in [0.4, 0.5) is 5.69 Å². The first-order valence-corrected chi connectivity index (χ1v) is 8.80. The van der Waals surface area contributed by atoms with Gasteiger partial charge in [-0.2, -0.15) is 0 Å². The van der Waals surface area contributed by atoms with Crippen LogP contribution in [0.1, 0.15) is 28.8 Å². The molecule has 2 aromatic rings. The molecule has 5 nitrogen and oxygen atoms in total. The fourth-order valence-electron chi connectivity index (χ4n) is 2.23. The first kappa shape index (κ1) is 19.0. The lowest BCUT2D eigenvalue weighted by Gasteiger charge is -2.11. The van der Waals surface area contributed by atoms with Crippen molar-refractivity contribution < 1.29 is 14.3 Å². The van der Waals surface area contributed by atoms with Gasteiger partial charge in [-0.3, -0.25) is 9.59 Å². The summed E-state index contributed by atoms with van der Waals surface area (Å²) >= 11 is 3.39. The fraction of sp³-hybridized carbons (Fsp3) is 0.263. The summed E-state index contributed by atoms with van der Waals surface area (Å²) in [7, 11) is 1.58. The zero-order valence-electron chi connectivity index (χ0n) is 14.3. The van der Waals surface area contributed by atoms with Crippen molar-refractivity contribution in [2.45, 2.75) is 19.8 Å². The van der Waals surface area contributed by atoms with Gasteiger partial charge in [-0.05, 0) is 49.2 Å². The molecule has 0 aliphatic rings. The Balaban J connectivity index is 1.83. The Morgan fingerprint density at radius 3 is 2.68 bits per heavy atom. The molecule has 2 N–H and O–H groups in total. The van der Waals surface area contributed by atoms with E-state index in [2.05, 4.69) is 26.6 Å². The molecule has 2 amide bonds. The van der Waals surface area contributed by atoms with Gasteiger partial charge in [0.05, 0.1) is 6.61 Å². The van der Waals surface area contributed by atoms with Gasteiger partial charge in [0, 0.05) is 29.2 Å². The van der Waals surface area contributed by atoms with Crippen LogP contribution < -0.4 is 15.4 Å². The zero-order chi connectivity index (χ0) is 18.2. The average molecular weight is 405 g/mol. The lowest BCUT2D eigenvalue weighted by molar-refractivity contribution is -0.116. The van der Waals surface area contributed by atoms with Crippen LogP contribution in [0.3, 0.4) is 0 Å². The molecule has 0 saturated heterocycles. The van der Waals surface area contributed by atoms with Crippen LogP contribution in [0.15, 0.2) is 46.9 Å². The third kappa shape index (κ3) is 5.90. The molecule has 0 radical (unpaired) electrons. The number of amides is 2. The quantitative estimate of drug-likeness (QED) is 0.687. The van der Waals surface area contributed by atoms with E-state index in [0.29, 0.717) is 30.7 Å². The molecule has 0 bridgehead atoms. The number of ether oxygens (including phenoxy) is 1. The normalized spacial score (nSPS) is 10.2. The van der Waals surface area contributed by atoms with Crippen LogP contribution in [0.25, 0.3) is 0 Å². The Bertz CT molecular complexity index is 762. The minimum atomic E-state index is -0.182. The van der Waals surface area contributed by atoms with Gasteiger partial charge in [-0.15, -0.1) is 0 Å². The summed E-state index contributed by atoms with van der Waals surface area (Å²) in [5.74, 6) is 0.483. The maximum atomic E-state index is 12.1. The van der Waals surface area contributed by atoms with Gasteiger partial charge in [-0.25, -0.2) is 0 Å². The van der Waals surface area contributed by atoms with E-state index in [1.165, 1.54) is 0 Å². The number of hydrogen-bond acceptors (Lipinski definition) is 3. The van der Waals surface area contributed by atoms with Gasteiger partial charge in [-0.1, -0.05) is 28.1 Å². The molecule has 0 unspecified atom stereocenters. The third-order valence-corrected chi connectivity index (χ3v) is 4.11. The standard InChI is InChI=1S/C19H21BrN2O3/c1-13-8-9-14(19(24)21-2)11-17(13)22-18(23)7-4-10-25-16-6-3-5-15(20)12-16/h3,5-6,8-9,11-12H,4,7,10H2,1-2H3,(H,21,24)(H,22,23). The maximum Gasteiger partial charge on any atom is 0.251 e. The van der Waals surface area contributed by atoms with E-state index in [0.717, 1.165) is 15.8 Å². The first-order chi connectivity index (χ1) is 12.0. The van der Waals surface area contributed by atoms with Crippen molar-refractivity contribution in [1.82, 2.24) is 5.32 Å². The van der Waals surface area contributed by atoms with E-state index in [4.69, 9.17) is 4.74 Å². The van der Waals surface area contributed by atoms with E-state index in [-0.39, 0.29) is 11.8 Å². The molecular formula is C19H21BrN2O3. The van der Waals surface area contributed by atoms with E-state index in [1.807, 2.05) is 37.3 Å².